The highest BCUT2D eigenvalue weighted by Gasteiger charge is 2.32. The molecule has 4 nitrogen and oxygen atoms in total. The van der Waals surface area contributed by atoms with E-state index in [4.69, 9.17) is 0 Å². The Balaban J connectivity index is 2.42. The van der Waals surface area contributed by atoms with Gasteiger partial charge >= 0.3 is 6.18 Å². The number of halogens is 3. The molecule has 0 atom stereocenters. The molecule has 0 aromatic carbocycles. The fourth-order valence-electron chi connectivity index (χ4n) is 1.66. The van der Waals surface area contributed by atoms with Gasteiger partial charge in [-0.15, -0.1) is 10.2 Å². The predicted octanol–water partition coefficient (Wildman–Crippen LogP) is 2.64. The molecular formula is C12H19F3N4. The fraction of sp³-hybridized carbons (Fsp3) is 0.667. The molecule has 108 valence electrons. The Morgan fingerprint density at radius 1 is 1.16 bits per heavy atom. The Bertz CT molecular complexity index is 364. The standard InChI is InChI=1S/C12H19F3N4/c1-3-8-19(4-2)9-7-16-11-6-5-10(17-18-11)12(13,14)15/h5-6H,3-4,7-9H2,1-2H3,(H,16,18). The van der Waals surface area contributed by atoms with Crippen LogP contribution in [0.2, 0.25) is 0 Å². The molecule has 0 radical (unpaired) electrons. The van der Waals surface area contributed by atoms with E-state index in [1.807, 2.05) is 0 Å². The minimum atomic E-state index is -4.44. The number of aromatic nitrogens is 2. The first-order chi connectivity index (χ1) is 8.97. The zero-order chi connectivity index (χ0) is 14.3. The van der Waals surface area contributed by atoms with Gasteiger partial charge in [-0.3, -0.25) is 0 Å². The zero-order valence-corrected chi connectivity index (χ0v) is 11.2. The van der Waals surface area contributed by atoms with Crippen molar-refractivity contribution in [2.45, 2.75) is 26.4 Å². The normalized spacial score (nSPS) is 11.9. The number of rotatable bonds is 7. The molecule has 0 unspecified atom stereocenters. The van der Waals surface area contributed by atoms with E-state index in [2.05, 4.69) is 34.3 Å². The van der Waals surface area contributed by atoms with Gasteiger partial charge in [-0.25, -0.2) is 0 Å². The van der Waals surface area contributed by atoms with Gasteiger partial charge in [-0.05, 0) is 31.6 Å². The van der Waals surface area contributed by atoms with Crippen LogP contribution >= 0.6 is 0 Å². The maximum absolute atomic E-state index is 12.3. The SMILES string of the molecule is CCCN(CC)CCNc1ccc(C(F)(F)F)nn1. The third-order valence-corrected chi connectivity index (χ3v) is 2.68. The summed E-state index contributed by atoms with van der Waals surface area (Å²) in [7, 11) is 0. The van der Waals surface area contributed by atoms with Crippen LogP contribution in [0.5, 0.6) is 0 Å². The van der Waals surface area contributed by atoms with Crippen LogP contribution in [0.15, 0.2) is 12.1 Å². The van der Waals surface area contributed by atoms with Gasteiger partial charge < -0.3 is 10.2 Å². The molecule has 0 amide bonds. The van der Waals surface area contributed by atoms with Crippen LogP contribution in [0.4, 0.5) is 19.0 Å². The molecule has 0 saturated carbocycles. The molecule has 7 heteroatoms. The molecule has 19 heavy (non-hydrogen) atoms. The molecule has 1 rings (SSSR count). The smallest absolute Gasteiger partial charge is 0.367 e. The average Bonchev–Trinajstić information content (AvgIpc) is 2.37. The van der Waals surface area contributed by atoms with Crippen molar-refractivity contribution >= 4 is 5.82 Å². The minimum Gasteiger partial charge on any atom is -0.367 e. The molecule has 0 fully saturated rings. The van der Waals surface area contributed by atoms with Crippen LogP contribution in [-0.4, -0.2) is 41.3 Å². The lowest BCUT2D eigenvalue weighted by atomic mass is 10.3. The van der Waals surface area contributed by atoms with E-state index in [-0.39, 0.29) is 0 Å². The maximum Gasteiger partial charge on any atom is 0.435 e. The summed E-state index contributed by atoms with van der Waals surface area (Å²) in [4.78, 5) is 2.25. The summed E-state index contributed by atoms with van der Waals surface area (Å²) < 4.78 is 36.8. The van der Waals surface area contributed by atoms with Crippen molar-refractivity contribution in [2.75, 3.05) is 31.5 Å². The van der Waals surface area contributed by atoms with E-state index in [1.54, 1.807) is 0 Å². The highest BCUT2D eigenvalue weighted by atomic mass is 19.4. The second kappa shape index (κ2) is 7.28. The van der Waals surface area contributed by atoms with Crippen LogP contribution in [0.3, 0.4) is 0 Å². The van der Waals surface area contributed by atoms with Gasteiger partial charge in [0.2, 0.25) is 0 Å². The van der Waals surface area contributed by atoms with Gasteiger partial charge in [-0.2, -0.15) is 13.2 Å². The van der Waals surface area contributed by atoms with E-state index in [1.165, 1.54) is 6.07 Å². The molecular weight excluding hydrogens is 257 g/mol. The Kier molecular flexibility index (Phi) is 6.01. The van der Waals surface area contributed by atoms with E-state index < -0.39 is 11.9 Å². The summed E-state index contributed by atoms with van der Waals surface area (Å²) in [6, 6.07) is 2.23. The summed E-state index contributed by atoms with van der Waals surface area (Å²) in [5.41, 5.74) is -0.973. The number of hydrogen-bond acceptors (Lipinski definition) is 4. The van der Waals surface area contributed by atoms with Crippen LogP contribution in [-0.2, 0) is 6.18 Å². The largest absolute Gasteiger partial charge is 0.435 e. The third-order valence-electron chi connectivity index (χ3n) is 2.68. The molecule has 0 aliphatic rings. The lowest BCUT2D eigenvalue weighted by Gasteiger charge is -2.19. The number of nitrogens with zero attached hydrogens (tertiary/aromatic N) is 3. The Hall–Kier alpha value is -1.37. The molecule has 1 heterocycles. The number of alkyl halides is 3. The van der Waals surface area contributed by atoms with E-state index in [0.29, 0.717) is 12.4 Å². The number of likely N-dealkylation sites (N-methyl/N-ethyl adjacent to an activating group) is 1. The molecule has 0 saturated heterocycles. The molecule has 1 N–H and O–H groups in total. The Morgan fingerprint density at radius 3 is 2.37 bits per heavy atom. The molecule has 0 bridgehead atoms. The fourth-order valence-corrected chi connectivity index (χ4v) is 1.66. The van der Waals surface area contributed by atoms with Crippen LogP contribution in [0.1, 0.15) is 26.0 Å². The summed E-state index contributed by atoms with van der Waals surface area (Å²) >= 11 is 0. The second-order valence-corrected chi connectivity index (χ2v) is 4.16. The topological polar surface area (TPSA) is 41.0 Å². The van der Waals surface area contributed by atoms with Crippen molar-refractivity contribution in [3.8, 4) is 0 Å². The monoisotopic (exact) mass is 276 g/mol. The molecule has 1 aromatic heterocycles. The van der Waals surface area contributed by atoms with E-state index >= 15 is 0 Å². The summed E-state index contributed by atoms with van der Waals surface area (Å²) in [5, 5.41) is 9.63. The van der Waals surface area contributed by atoms with Crippen molar-refractivity contribution < 1.29 is 13.2 Å². The first-order valence-corrected chi connectivity index (χ1v) is 6.34. The van der Waals surface area contributed by atoms with Crippen LogP contribution in [0, 0.1) is 0 Å². The zero-order valence-electron chi connectivity index (χ0n) is 11.2. The predicted molar refractivity (Wildman–Crippen MR) is 67.9 cm³/mol. The summed E-state index contributed by atoms with van der Waals surface area (Å²) in [6.07, 6.45) is -3.36. The van der Waals surface area contributed by atoms with Crippen molar-refractivity contribution in [3.63, 3.8) is 0 Å². The van der Waals surface area contributed by atoms with Gasteiger partial charge in [0.15, 0.2) is 5.69 Å². The van der Waals surface area contributed by atoms with Crippen molar-refractivity contribution in [3.05, 3.63) is 17.8 Å². The quantitative estimate of drug-likeness (QED) is 0.831. The first-order valence-electron chi connectivity index (χ1n) is 6.34. The highest BCUT2D eigenvalue weighted by Crippen LogP contribution is 2.26. The number of hydrogen-bond donors (Lipinski definition) is 1. The molecule has 0 aliphatic heterocycles. The van der Waals surface area contributed by atoms with Crippen molar-refractivity contribution in [1.82, 2.24) is 15.1 Å². The van der Waals surface area contributed by atoms with E-state index in [9.17, 15) is 13.2 Å². The van der Waals surface area contributed by atoms with Crippen molar-refractivity contribution in [2.24, 2.45) is 0 Å². The van der Waals surface area contributed by atoms with Crippen molar-refractivity contribution in [1.29, 1.82) is 0 Å². The molecule has 1 aromatic rings. The lowest BCUT2D eigenvalue weighted by Crippen LogP contribution is -2.29. The number of anilines is 1. The lowest BCUT2D eigenvalue weighted by molar-refractivity contribution is -0.141. The van der Waals surface area contributed by atoms with Gasteiger partial charge in [0.1, 0.15) is 5.82 Å². The summed E-state index contributed by atoms with van der Waals surface area (Å²) in [5.74, 6) is 0.362. The Morgan fingerprint density at radius 2 is 1.89 bits per heavy atom. The third kappa shape index (κ3) is 5.42. The van der Waals surface area contributed by atoms with Gasteiger partial charge in [0, 0.05) is 13.1 Å². The minimum absolute atomic E-state index is 0.362. The second-order valence-electron chi connectivity index (χ2n) is 4.16. The Labute approximate surface area is 111 Å². The maximum atomic E-state index is 12.3. The van der Waals surface area contributed by atoms with Crippen LogP contribution in [0.25, 0.3) is 0 Å². The molecule has 0 spiro atoms. The van der Waals surface area contributed by atoms with Crippen LogP contribution < -0.4 is 5.32 Å². The van der Waals surface area contributed by atoms with E-state index in [0.717, 1.165) is 32.1 Å². The number of nitrogens with one attached hydrogen (secondary N) is 1. The molecule has 0 aliphatic carbocycles. The average molecular weight is 276 g/mol. The summed E-state index contributed by atoms with van der Waals surface area (Å²) in [6.45, 7) is 7.61. The first kappa shape index (κ1) is 15.7. The van der Waals surface area contributed by atoms with Gasteiger partial charge in [-0.1, -0.05) is 13.8 Å². The van der Waals surface area contributed by atoms with Gasteiger partial charge in [0.05, 0.1) is 0 Å². The van der Waals surface area contributed by atoms with Gasteiger partial charge in [0.25, 0.3) is 0 Å². The highest BCUT2D eigenvalue weighted by molar-refractivity contribution is 5.33.